The Bertz CT molecular complexity index is 860. The van der Waals surface area contributed by atoms with Gasteiger partial charge in [0.2, 0.25) is 0 Å². The smallest absolute Gasteiger partial charge is 0.337 e. The first-order chi connectivity index (χ1) is 11.7. The van der Waals surface area contributed by atoms with E-state index >= 15 is 0 Å². The third kappa shape index (κ3) is 3.47. The third-order valence-electron chi connectivity index (χ3n) is 3.18. The predicted octanol–water partition coefficient (Wildman–Crippen LogP) is 3.24. The average Bonchev–Trinajstić information content (AvgIpc) is 3.13. The van der Waals surface area contributed by atoms with Gasteiger partial charge < -0.3 is 10.1 Å². The fraction of sp³-hybridized carbons (Fsp3) is 0.0588. The third-order valence-corrected chi connectivity index (χ3v) is 4.05. The number of thiazole rings is 1. The fourth-order valence-electron chi connectivity index (χ4n) is 1.99. The molecule has 0 fully saturated rings. The summed E-state index contributed by atoms with van der Waals surface area (Å²) in [7, 11) is 1.32. The van der Waals surface area contributed by atoms with Crippen LogP contribution in [0, 0.1) is 0 Å². The molecule has 0 aliphatic rings. The minimum Gasteiger partial charge on any atom is -0.465 e. The number of nitrogens with one attached hydrogen (secondary N) is 1. The van der Waals surface area contributed by atoms with E-state index in [0.717, 1.165) is 5.69 Å². The number of amides is 1. The highest BCUT2D eigenvalue weighted by atomic mass is 32.1. The van der Waals surface area contributed by atoms with Crippen molar-refractivity contribution in [1.29, 1.82) is 0 Å². The molecule has 2 heterocycles. The van der Waals surface area contributed by atoms with Crippen molar-refractivity contribution in [1.82, 2.24) is 9.97 Å². The highest BCUT2D eigenvalue weighted by Crippen LogP contribution is 2.22. The molecule has 24 heavy (non-hydrogen) atoms. The van der Waals surface area contributed by atoms with Gasteiger partial charge in [0.1, 0.15) is 10.7 Å². The minimum atomic E-state index is -0.424. The van der Waals surface area contributed by atoms with Crippen molar-refractivity contribution in [3.05, 3.63) is 65.3 Å². The molecule has 6 nitrogen and oxygen atoms in total. The average molecular weight is 339 g/mol. The van der Waals surface area contributed by atoms with E-state index in [9.17, 15) is 9.59 Å². The van der Waals surface area contributed by atoms with Gasteiger partial charge in [0.15, 0.2) is 0 Å². The van der Waals surface area contributed by atoms with E-state index in [-0.39, 0.29) is 5.91 Å². The minimum absolute atomic E-state index is 0.317. The zero-order chi connectivity index (χ0) is 16.9. The molecule has 0 saturated heterocycles. The van der Waals surface area contributed by atoms with Gasteiger partial charge in [-0.15, -0.1) is 11.3 Å². The summed E-state index contributed by atoms with van der Waals surface area (Å²) in [5.41, 5.74) is 2.03. The highest BCUT2D eigenvalue weighted by Gasteiger charge is 2.13. The maximum Gasteiger partial charge on any atom is 0.337 e. The lowest BCUT2D eigenvalue weighted by atomic mass is 10.2. The van der Waals surface area contributed by atoms with Crippen LogP contribution in [0.15, 0.2) is 54.0 Å². The molecule has 1 N–H and O–H groups in total. The van der Waals surface area contributed by atoms with Crippen LogP contribution in [0.2, 0.25) is 0 Å². The number of ether oxygens (including phenoxy) is 1. The van der Waals surface area contributed by atoms with Crippen molar-refractivity contribution in [2.45, 2.75) is 0 Å². The summed E-state index contributed by atoms with van der Waals surface area (Å²) in [6.45, 7) is 0. The van der Waals surface area contributed by atoms with Gasteiger partial charge >= 0.3 is 5.97 Å². The van der Waals surface area contributed by atoms with Crippen molar-refractivity contribution in [3.63, 3.8) is 0 Å². The summed E-state index contributed by atoms with van der Waals surface area (Å²) in [6.07, 6.45) is 1.68. The lowest BCUT2D eigenvalue weighted by Crippen LogP contribution is -2.12. The number of anilines is 1. The van der Waals surface area contributed by atoms with Gasteiger partial charge in [0.05, 0.1) is 18.4 Å². The quantitative estimate of drug-likeness (QED) is 0.738. The Kier molecular flexibility index (Phi) is 4.62. The molecule has 0 bridgehead atoms. The summed E-state index contributed by atoms with van der Waals surface area (Å²) in [4.78, 5) is 32.2. The largest absolute Gasteiger partial charge is 0.465 e. The molecule has 0 atom stereocenters. The standard InChI is InChI=1S/C17H13N3O3S/c1-23-17(22)11-5-7-12(8-6-11)19-15(21)14-10-24-16(20-14)13-4-2-3-9-18-13/h2-10H,1H3,(H,19,21). The van der Waals surface area contributed by atoms with Crippen molar-refractivity contribution >= 4 is 28.9 Å². The van der Waals surface area contributed by atoms with E-state index in [0.29, 0.717) is 22.0 Å². The maximum atomic E-state index is 12.3. The van der Waals surface area contributed by atoms with Crippen molar-refractivity contribution in [2.75, 3.05) is 12.4 Å². The van der Waals surface area contributed by atoms with E-state index < -0.39 is 5.97 Å². The fourth-order valence-corrected chi connectivity index (χ4v) is 2.76. The second-order valence-electron chi connectivity index (χ2n) is 4.78. The topological polar surface area (TPSA) is 81.2 Å². The second kappa shape index (κ2) is 7.01. The van der Waals surface area contributed by atoms with Crippen molar-refractivity contribution in [3.8, 4) is 10.7 Å². The van der Waals surface area contributed by atoms with E-state index in [2.05, 4.69) is 20.0 Å². The normalized spacial score (nSPS) is 10.2. The molecule has 0 saturated carbocycles. The zero-order valence-corrected chi connectivity index (χ0v) is 13.5. The number of carbonyl (C=O) groups excluding carboxylic acids is 2. The maximum absolute atomic E-state index is 12.3. The number of hydrogen-bond donors (Lipinski definition) is 1. The molecule has 0 aliphatic heterocycles. The number of nitrogens with zero attached hydrogens (tertiary/aromatic N) is 2. The van der Waals surface area contributed by atoms with Gasteiger partial charge in [-0.2, -0.15) is 0 Å². The van der Waals surface area contributed by atoms with E-state index in [1.54, 1.807) is 35.8 Å². The number of methoxy groups -OCH3 is 1. The molecule has 1 aromatic carbocycles. The SMILES string of the molecule is COC(=O)c1ccc(NC(=O)c2csc(-c3ccccn3)n2)cc1. The van der Waals surface area contributed by atoms with Crippen LogP contribution in [0.4, 0.5) is 5.69 Å². The van der Waals surface area contributed by atoms with Crippen LogP contribution in [0.25, 0.3) is 10.7 Å². The first kappa shape index (κ1) is 15.8. The van der Waals surface area contributed by atoms with E-state index in [1.165, 1.54) is 18.4 Å². The summed E-state index contributed by atoms with van der Waals surface area (Å²) >= 11 is 1.36. The number of pyridine rings is 1. The molecule has 2 aromatic heterocycles. The molecule has 0 unspecified atom stereocenters. The van der Waals surface area contributed by atoms with Crippen LogP contribution in [0.5, 0.6) is 0 Å². The number of rotatable bonds is 4. The van der Waals surface area contributed by atoms with Crippen molar-refractivity contribution < 1.29 is 14.3 Å². The molecular weight excluding hydrogens is 326 g/mol. The second-order valence-corrected chi connectivity index (χ2v) is 5.63. The highest BCUT2D eigenvalue weighted by molar-refractivity contribution is 7.13. The van der Waals surface area contributed by atoms with Gasteiger partial charge in [-0.05, 0) is 36.4 Å². The first-order valence-corrected chi connectivity index (χ1v) is 7.92. The monoisotopic (exact) mass is 339 g/mol. The summed E-state index contributed by atoms with van der Waals surface area (Å²) in [5.74, 6) is -0.744. The lowest BCUT2D eigenvalue weighted by molar-refractivity contribution is 0.0600. The molecule has 0 radical (unpaired) electrons. The summed E-state index contributed by atoms with van der Waals surface area (Å²) in [6, 6.07) is 12.0. The number of aromatic nitrogens is 2. The molecule has 0 aliphatic carbocycles. The molecule has 3 rings (SSSR count). The first-order valence-electron chi connectivity index (χ1n) is 7.04. The number of benzene rings is 1. The Hall–Kier alpha value is -3.06. The molecule has 120 valence electrons. The van der Waals surface area contributed by atoms with E-state index in [1.807, 2.05) is 18.2 Å². The molecule has 0 spiro atoms. The van der Waals surface area contributed by atoms with Crippen LogP contribution in [0.1, 0.15) is 20.8 Å². The van der Waals surface area contributed by atoms with Gasteiger partial charge in [-0.3, -0.25) is 9.78 Å². The van der Waals surface area contributed by atoms with Crippen LogP contribution in [-0.2, 0) is 4.74 Å². The zero-order valence-electron chi connectivity index (χ0n) is 12.7. The Balaban J connectivity index is 1.71. The van der Waals surface area contributed by atoms with Crippen LogP contribution in [-0.4, -0.2) is 29.0 Å². The van der Waals surface area contributed by atoms with Crippen molar-refractivity contribution in [2.24, 2.45) is 0 Å². The van der Waals surface area contributed by atoms with Crippen LogP contribution in [0.3, 0.4) is 0 Å². The molecule has 1 amide bonds. The Morgan fingerprint density at radius 2 is 1.92 bits per heavy atom. The number of carbonyl (C=O) groups is 2. The Labute approximate surface area is 142 Å². The van der Waals surface area contributed by atoms with Crippen LogP contribution < -0.4 is 5.32 Å². The van der Waals surface area contributed by atoms with Gasteiger partial charge in [0, 0.05) is 17.3 Å². The summed E-state index contributed by atoms with van der Waals surface area (Å²) in [5, 5.41) is 5.10. The molecular formula is C17H13N3O3S. The van der Waals surface area contributed by atoms with Gasteiger partial charge in [-0.25, -0.2) is 9.78 Å². The molecule has 7 heteroatoms. The Morgan fingerprint density at radius 1 is 1.12 bits per heavy atom. The van der Waals surface area contributed by atoms with Crippen LogP contribution >= 0.6 is 11.3 Å². The van der Waals surface area contributed by atoms with Gasteiger partial charge in [0.25, 0.3) is 5.91 Å². The number of esters is 1. The van der Waals surface area contributed by atoms with E-state index in [4.69, 9.17) is 0 Å². The Morgan fingerprint density at radius 3 is 2.58 bits per heavy atom. The number of hydrogen-bond acceptors (Lipinski definition) is 6. The molecule has 3 aromatic rings. The summed E-state index contributed by atoms with van der Waals surface area (Å²) < 4.78 is 4.63. The predicted molar refractivity (Wildman–Crippen MR) is 91.1 cm³/mol. The lowest BCUT2D eigenvalue weighted by Gasteiger charge is -2.04. The van der Waals surface area contributed by atoms with Gasteiger partial charge in [-0.1, -0.05) is 6.07 Å².